The average molecular weight is 155 g/mol. The van der Waals surface area contributed by atoms with Crippen molar-refractivity contribution in [2.45, 2.75) is 39.3 Å². The van der Waals surface area contributed by atoms with Gasteiger partial charge in [-0.2, -0.15) is 0 Å². The monoisotopic (exact) mass is 155 g/mol. The van der Waals surface area contributed by atoms with Crippen molar-refractivity contribution in [3.05, 3.63) is 0 Å². The van der Waals surface area contributed by atoms with E-state index in [4.69, 9.17) is 5.11 Å². The maximum Gasteiger partial charge on any atom is 0.0578 e. The second-order valence-corrected chi connectivity index (χ2v) is 2.79. The van der Waals surface area contributed by atoms with Crippen molar-refractivity contribution < 1.29 is 5.11 Å². The molecule has 0 amide bonds. The summed E-state index contributed by atoms with van der Waals surface area (Å²) in [5.74, 6) is 5.71. The third kappa shape index (κ3) is 7.38. The fourth-order valence-corrected chi connectivity index (χ4v) is 0.909. The van der Waals surface area contributed by atoms with Crippen LogP contribution in [-0.4, -0.2) is 23.8 Å². The van der Waals surface area contributed by atoms with Gasteiger partial charge >= 0.3 is 0 Å². The van der Waals surface area contributed by atoms with Crippen LogP contribution in [0, 0.1) is 11.8 Å². The predicted molar refractivity (Wildman–Crippen MR) is 47.2 cm³/mol. The molecule has 0 aliphatic rings. The molecule has 0 rings (SSSR count). The Morgan fingerprint density at radius 1 is 1.45 bits per heavy atom. The molecule has 2 N–H and O–H groups in total. The Kier molecular flexibility index (Phi) is 5.91. The van der Waals surface area contributed by atoms with E-state index in [0.29, 0.717) is 12.6 Å². The highest BCUT2D eigenvalue weighted by atomic mass is 16.3. The summed E-state index contributed by atoms with van der Waals surface area (Å²) >= 11 is 0. The summed E-state index contributed by atoms with van der Waals surface area (Å²) in [7, 11) is 0. The van der Waals surface area contributed by atoms with Crippen molar-refractivity contribution >= 4 is 0 Å². The zero-order chi connectivity index (χ0) is 8.69. The van der Waals surface area contributed by atoms with Crippen LogP contribution in [0.15, 0.2) is 0 Å². The molecule has 0 bridgehead atoms. The molecule has 0 heterocycles. The molecule has 11 heavy (non-hydrogen) atoms. The van der Waals surface area contributed by atoms with Gasteiger partial charge in [-0.05, 0) is 27.2 Å². The van der Waals surface area contributed by atoms with Crippen LogP contribution in [0.2, 0.25) is 0 Å². The van der Waals surface area contributed by atoms with Crippen LogP contribution in [-0.2, 0) is 0 Å². The lowest BCUT2D eigenvalue weighted by Gasteiger charge is -2.12. The number of hydrogen-bond donors (Lipinski definition) is 2. The van der Waals surface area contributed by atoms with Gasteiger partial charge in [0.25, 0.3) is 0 Å². The van der Waals surface area contributed by atoms with E-state index >= 15 is 0 Å². The van der Waals surface area contributed by atoms with Crippen LogP contribution in [0.3, 0.4) is 0 Å². The first kappa shape index (κ1) is 10.5. The van der Waals surface area contributed by atoms with Crippen molar-refractivity contribution in [3.63, 3.8) is 0 Å². The Balaban J connectivity index is 3.34. The van der Waals surface area contributed by atoms with Crippen LogP contribution < -0.4 is 5.32 Å². The van der Waals surface area contributed by atoms with Crippen LogP contribution >= 0.6 is 0 Å². The standard InChI is InChI=1S/C9H17NO/c1-4-5-6-10-8(2)7-9(3)11/h8-11H,6-7H2,1-3H3. The van der Waals surface area contributed by atoms with Gasteiger partial charge in [-0.1, -0.05) is 5.92 Å². The molecule has 0 fully saturated rings. The Labute approximate surface area is 69.0 Å². The number of nitrogens with one attached hydrogen (secondary N) is 1. The summed E-state index contributed by atoms with van der Waals surface area (Å²) < 4.78 is 0. The third-order valence-electron chi connectivity index (χ3n) is 1.41. The van der Waals surface area contributed by atoms with Gasteiger partial charge in [-0.3, -0.25) is 0 Å². The van der Waals surface area contributed by atoms with Gasteiger partial charge in [-0.25, -0.2) is 0 Å². The highest BCUT2D eigenvalue weighted by molar-refractivity contribution is 4.97. The highest BCUT2D eigenvalue weighted by Crippen LogP contribution is 1.94. The lowest BCUT2D eigenvalue weighted by atomic mass is 10.1. The van der Waals surface area contributed by atoms with E-state index < -0.39 is 0 Å². The van der Waals surface area contributed by atoms with Gasteiger partial charge < -0.3 is 10.4 Å². The summed E-state index contributed by atoms with van der Waals surface area (Å²) in [4.78, 5) is 0. The molecule has 2 atom stereocenters. The second-order valence-electron chi connectivity index (χ2n) is 2.79. The number of aliphatic hydroxyl groups is 1. The van der Waals surface area contributed by atoms with E-state index in [-0.39, 0.29) is 6.10 Å². The molecule has 2 heteroatoms. The molecule has 0 aromatic carbocycles. The first-order valence-corrected chi connectivity index (χ1v) is 3.98. The Hall–Kier alpha value is -0.520. The molecule has 2 nitrogen and oxygen atoms in total. The molecule has 0 saturated heterocycles. The van der Waals surface area contributed by atoms with Crippen LogP contribution in [0.1, 0.15) is 27.2 Å². The first-order valence-electron chi connectivity index (χ1n) is 3.98. The Bertz CT molecular complexity index is 143. The lowest BCUT2D eigenvalue weighted by molar-refractivity contribution is 0.171. The van der Waals surface area contributed by atoms with Crippen molar-refractivity contribution in [2.24, 2.45) is 0 Å². The molecule has 0 spiro atoms. The van der Waals surface area contributed by atoms with Crippen molar-refractivity contribution in [2.75, 3.05) is 6.54 Å². The fourth-order valence-electron chi connectivity index (χ4n) is 0.909. The second kappa shape index (κ2) is 6.21. The number of hydrogen-bond acceptors (Lipinski definition) is 2. The maximum absolute atomic E-state index is 9.00. The van der Waals surface area contributed by atoms with Crippen LogP contribution in [0.4, 0.5) is 0 Å². The van der Waals surface area contributed by atoms with E-state index in [2.05, 4.69) is 17.2 Å². The minimum absolute atomic E-state index is 0.230. The van der Waals surface area contributed by atoms with Crippen molar-refractivity contribution in [1.82, 2.24) is 5.32 Å². The molecule has 0 aliphatic carbocycles. The predicted octanol–water partition coefficient (Wildman–Crippen LogP) is 0.759. The SMILES string of the molecule is CC#CCNC(C)CC(C)O. The highest BCUT2D eigenvalue weighted by Gasteiger charge is 2.02. The van der Waals surface area contributed by atoms with Gasteiger partial charge in [0.2, 0.25) is 0 Å². The minimum Gasteiger partial charge on any atom is -0.393 e. The first-order chi connectivity index (χ1) is 5.16. The maximum atomic E-state index is 9.00. The van der Waals surface area contributed by atoms with Gasteiger partial charge in [0.1, 0.15) is 0 Å². The van der Waals surface area contributed by atoms with Crippen LogP contribution in [0.5, 0.6) is 0 Å². The molecular formula is C9H17NO. The van der Waals surface area contributed by atoms with Crippen molar-refractivity contribution in [3.8, 4) is 11.8 Å². The average Bonchev–Trinajstić information content (AvgIpc) is 1.86. The van der Waals surface area contributed by atoms with Gasteiger partial charge in [0.05, 0.1) is 12.6 Å². The summed E-state index contributed by atoms with van der Waals surface area (Å²) in [5, 5.41) is 12.2. The van der Waals surface area contributed by atoms with E-state index in [9.17, 15) is 0 Å². The van der Waals surface area contributed by atoms with E-state index in [1.54, 1.807) is 6.92 Å². The topological polar surface area (TPSA) is 32.3 Å². The quantitative estimate of drug-likeness (QED) is 0.587. The van der Waals surface area contributed by atoms with E-state index in [1.807, 2.05) is 13.8 Å². The van der Waals surface area contributed by atoms with Crippen LogP contribution in [0.25, 0.3) is 0 Å². The fraction of sp³-hybridized carbons (Fsp3) is 0.778. The zero-order valence-electron chi connectivity index (χ0n) is 7.52. The van der Waals surface area contributed by atoms with E-state index in [1.165, 1.54) is 0 Å². The Morgan fingerprint density at radius 3 is 2.55 bits per heavy atom. The Morgan fingerprint density at radius 2 is 2.09 bits per heavy atom. The molecule has 0 aromatic rings. The van der Waals surface area contributed by atoms with E-state index in [0.717, 1.165) is 6.42 Å². The summed E-state index contributed by atoms with van der Waals surface area (Å²) in [6, 6.07) is 0.343. The summed E-state index contributed by atoms with van der Waals surface area (Å²) in [5.41, 5.74) is 0. The largest absolute Gasteiger partial charge is 0.393 e. The van der Waals surface area contributed by atoms with Gasteiger partial charge in [0.15, 0.2) is 0 Å². The minimum atomic E-state index is -0.230. The molecule has 0 aliphatic heterocycles. The smallest absolute Gasteiger partial charge is 0.0578 e. The van der Waals surface area contributed by atoms with Gasteiger partial charge in [0, 0.05) is 6.04 Å². The molecular weight excluding hydrogens is 138 g/mol. The molecule has 0 saturated carbocycles. The summed E-state index contributed by atoms with van der Waals surface area (Å²) in [6.07, 6.45) is 0.554. The normalized spacial score (nSPS) is 14.9. The number of aliphatic hydroxyl groups excluding tert-OH is 1. The lowest BCUT2D eigenvalue weighted by Crippen LogP contribution is -2.29. The zero-order valence-corrected chi connectivity index (χ0v) is 7.52. The third-order valence-corrected chi connectivity index (χ3v) is 1.41. The molecule has 0 aromatic heterocycles. The molecule has 2 unspecified atom stereocenters. The molecule has 64 valence electrons. The van der Waals surface area contributed by atoms with Crippen molar-refractivity contribution in [1.29, 1.82) is 0 Å². The number of rotatable bonds is 4. The summed E-state index contributed by atoms with van der Waals surface area (Å²) in [6.45, 7) is 6.37. The molecule has 0 radical (unpaired) electrons. The van der Waals surface area contributed by atoms with Gasteiger partial charge in [-0.15, -0.1) is 5.92 Å².